The molecule has 6 heteroatoms. The third-order valence-electron chi connectivity index (χ3n) is 2.99. The van der Waals surface area contributed by atoms with Crippen molar-refractivity contribution in [3.05, 3.63) is 83.1 Å². The number of hydrogen-bond donors (Lipinski definition) is 0. The molecule has 2 aromatic rings. The molecule has 0 aliphatic heterocycles. The fourth-order valence-electron chi connectivity index (χ4n) is 1.85. The third-order valence-corrected chi connectivity index (χ3v) is 6.03. The van der Waals surface area contributed by atoms with Crippen molar-refractivity contribution in [2.45, 2.75) is 16.7 Å². The molecule has 120 valence electrons. The summed E-state index contributed by atoms with van der Waals surface area (Å²) in [4.78, 5) is 0.327. The van der Waals surface area contributed by atoms with Crippen molar-refractivity contribution in [2.24, 2.45) is 0 Å². The minimum atomic E-state index is -3.60. The molecule has 23 heavy (non-hydrogen) atoms. The standard InChI is InChI=1S/C17H16O4S2/c1-15(14-23(20,21)17-10-6-3-7-11-17)12-13-22(18,19)16-8-4-2-5-9-16/h2-14H,1H3/b13-12+,15-14+. The Bertz CT molecular complexity index is 925. The van der Waals surface area contributed by atoms with E-state index in [0.29, 0.717) is 5.57 Å². The molecule has 0 amide bonds. The van der Waals surface area contributed by atoms with Crippen molar-refractivity contribution >= 4 is 19.7 Å². The van der Waals surface area contributed by atoms with Crippen LogP contribution in [-0.2, 0) is 19.7 Å². The van der Waals surface area contributed by atoms with Crippen LogP contribution < -0.4 is 0 Å². The molecule has 0 fully saturated rings. The molecule has 2 rings (SSSR count). The van der Waals surface area contributed by atoms with Gasteiger partial charge in [0, 0.05) is 10.8 Å². The molecule has 0 bridgehead atoms. The van der Waals surface area contributed by atoms with E-state index < -0.39 is 19.7 Å². The largest absolute Gasteiger partial charge is 0.219 e. The minimum absolute atomic E-state index is 0.162. The molecule has 0 radical (unpaired) electrons. The molecule has 2 aromatic carbocycles. The van der Waals surface area contributed by atoms with Crippen LogP contribution in [0.15, 0.2) is 92.9 Å². The average molecular weight is 348 g/mol. The second-order valence-corrected chi connectivity index (χ2v) is 8.51. The molecule has 0 unspecified atom stereocenters. The summed E-state index contributed by atoms with van der Waals surface area (Å²) in [6.45, 7) is 1.54. The summed E-state index contributed by atoms with van der Waals surface area (Å²) in [5, 5.41) is 2.06. The summed E-state index contributed by atoms with van der Waals surface area (Å²) in [7, 11) is -7.19. The van der Waals surface area contributed by atoms with Gasteiger partial charge in [-0.1, -0.05) is 36.4 Å². The Balaban J connectivity index is 2.27. The van der Waals surface area contributed by atoms with Gasteiger partial charge >= 0.3 is 0 Å². The summed E-state index contributed by atoms with van der Waals surface area (Å²) in [5.74, 6) is 0. The fourth-order valence-corrected chi connectivity index (χ4v) is 4.18. The lowest BCUT2D eigenvalue weighted by Gasteiger charge is -2.00. The van der Waals surface area contributed by atoms with Crippen molar-refractivity contribution in [1.29, 1.82) is 0 Å². The van der Waals surface area contributed by atoms with Crippen LogP contribution in [-0.4, -0.2) is 16.8 Å². The summed E-state index contributed by atoms with van der Waals surface area (Å²) in [6.07, 6.45) is 1.28. The maximum Gasteiger partial charge on any atom is 0.200 e. The zero-order valence-corrected chi connectivity index (χ0v) is 14.1. The van der Waals surface area contributed by atoms with Gasteiger partial charge < -0.3 is 0 Å². The SMILES string of the molecule is CC(/C=C/S(=O)(=O)c1ccccc1)=C\S(=O)(=O)c1ccccc1. The summed E-state index contributed by atoms with van der Waals surface area (Å²) in [5.41, 5.74) is 0.327. The Hall–Kier alpha value is -2.18. The highest BCUT2D eigenvalue weighted by molar-refractivity contribution is 7.94. The molecule has 0 aromatic heterocycles. The van der Waals surface area contributed by atoms with Crippen molar-refractivity contribution in [3.8, 4) is 0 Å². The molecule has 0 aliphatic rings. The molecule has 0 N–H and O–H groups in total. The Morgan fingerprint density at radius 2 is 1.17 bits per heavy atom. The predicted octanol–water partition coefficient (Wildman–Crippen LogP) is 3.35. The minimum Gasteiger partial charge on any atom is -0.219 e. The molecule has 4 nitrogen and oxygen atoms in total. The maximum atomic E-state index is 12.2. The van der Waals surface area contributed by atoms with Gasteiger partial charge in [-0.15, -0.1) is 0 Å². The monoisotopic (exact) mass is 348 g/mol. The number of hydrogen-bond acceptors (Lipinski definition) is 4. The zero-order chi connectivity index (χ0) is 16.9. The predicted molar refractivity (Wildman–Crippen MR) is 90.2 cm³/mol. The Morgan fingerprint density at radius 1 is 0.739 bits per heavy atom. The van der Waals surface area contributed by atoms with E-state index in [-0.39, 0.29) is 9.79 Å². The molecular formula is C17H16O4S2. The molecule has 0 atom stereocenters. The van der Waals surface area contributed by atoms with Crippen molar-refractivity contribution < 1.29 is 16.8 Å². The summed E-state index contributed by atoms with van der Waals surface area (Å²) >= 11 is 0. The molecular weight excluding hydrogens is 332 g/mol. The van der Waals surface area contributed by atoms with Crippen LogP contribution in [0.4, 0.5) is 0 Å². The highest BCUT2D eigenvalue weighted by Gasteiger charge is 2.11. The first-order valence-electron chi connectivity index (χ1n) is 6.78. The molecule has 0 aliphatic carbocycles. The molecule has 0 heterocycles. The van der Waals surface area contributed by atoms with E-state index in [2.05, 4.69) is 0 Å². The van der Waals surface area contributed by atoms with E-state index in [4.69, 9.17) is 0 Å². The van der Waals surface area contributed by atoms with E-state index in [9.17, 15) is 16.8 Å². The first-order chi connectivity index (χ1) is 10.8. The van der Waals surface area contributed by atoms with Crippen LogP contribution in [0.25, 0.3) is 0 Å². The number of allylic oxidation sites excluding steroid dienone is 2. The average Bonchev–Trinajstić information content (AvgIpc) is 2.54. The quantitative estimate of drug-likeness (QED) is 0.777. The van der Waals surface area contributed by atoms with Crippen LogP contribution in [0, 0.1) is 0 Å². The summed E-state index contributed by atoms with van der Waals surface area (Å²) < 4.78 is 48.6. The molecule has 0 saturated carbocycles. The Kier molecular flexibility index (Phi) is 5.18. The van der Waals surface area contributed by atoms with Gasteiger partial charge in [-0.05, 0) is 42.8 Å². The first kappa shape index (κ1) is 17.2. The number of benzene rings is 2. The number of rotatable bonds is 5. The van der Waals surface area contributed by atoms with Crippen LogP contribution in [0.3, 0.4) is 0 Å². The van der Waals surface area contributed by atoms with Gasteiger partial charge in [0.2, 0.25) is 0 Å². The van der Waals surface area contributed by atoms with Crippen molar-refractivity contribution in [1.82, 2.24) is 0 Å². The van der Waals surface area contributed by atoms with Crippen molar-refractivity contribution in [2.75, 3.05) is 0 Å². The van der Waals surface area contributed by atoms with E-state index >= 15 is 0 Å². The van der Waals surface area contributed by atoms with E-state index in [1.165, 1.54) is 37.3 Å². The van der Waals surface area contributed by atoms with Gasteiger partial charge in [0.05, 0.1) is 9.79 Å². The highest BCUT2D eigenvalue weighted by Crippen LogP contribution is 2.16. The van der Waals surface area contributed by atoms with E-state index in [0.717, 1.165) is 10.8 Å². The van der Waals surface area contributed by atoms with Crippen LogP contribution in [0.1, 0.15) is 6.92 Å². The Labute approximate surface area is 136 Å². The lowest BCUT2D eigenvalue weighted by Crippen LogP contribution is -1.98. The van der Waals surface area contributed by atoms with Gasteiger partial charge in [0.1, 0.15) is 0 Å². The smallest absolute Gasteiger partial charge is 0.200 e. The van der Waals surface area contributed by atoms with Gasteiger partial charge in [-0.25, -0.2) is 16.8 Å². The lowest BCUT2D eigenvalue weighted by atomic mass is 10.4. The third kappa shape index (κ3) is 4.64. The normalized spacial score (nSPS) is 13.3. The summed E-state index contributed by atoms with van der Waals surface area (Å²) in [6, 6.07) is 15.9. The van der Waals surface area contributed by atoms with E-state index in [1.807, 2.05) is 0 Å². The zero-order valence-electron chi connectivity index (χ0n) is 12.5. The molecule has 0 spiro atoms. The first-order valence-corrected chi connectivity index (χ1v) is 9.87. The van der Waals surface area contributed by atoms with Gasteiger partial charge in [-0.3, -0.25) is 0 Å². The molecule has 0 saturated heterocycles. The van der Waals surface area contributed by atoms with Crippen LogP contribution in [0.5, 0.6) is 0 Å². The second kappa shape index (κ2) is 6.93. The topological polar surface area (TPSA) is 68.3 Å². The highest BCUT2D eigenvalue weighted by atomic mass is 32.2. The van der Waals surface area contributed by atoms with Gasteiger partial charge in [0.15, 0.2) is 19.7 Å². The van der Waals surface area contributed by atoms with Gasteiger partial charge in [0.25, 0.3) is 0 Å². The van der Waals surface area contributed by atoms with Crippen LogP contribution in [0.2, 0.25) is 0 Å². The van der Waals surface area contributed by atoms with E-state index in [1.54, 1.807) is 36.4 Å². The maximum absolute atomic E-state index is 12.2. The second-order valence-electron chi connectivity index (χ2n) is 4.88. The lowest BCUT2D eigenvalue weighted by molar-refractivity contribution is 0.602. The fraction of sp³-hybridized carbons (Fsp3) is 0.0588. The Morgan fingerprint density at radius 3 is 1.65 bits per heavy atom. The van der Waals surface area contributed by atoms with Crippen molar-refractivity contribution in [3.63, 3.8) is 0 Å². The van der Waals surface area contributed by atoms with Crippen LogP contribution >= 0.6 is 0 Å². The number of sulfone groups is 2. The van der Waals surface area contributed by atoms with Gasteiger partial charge in [-0.2, -0.15) is 0 Å².